The molecule has 6 heteroatoms. The highest BCUT2D eigenvalue weighted by Crippen LogP contribution is 2.31. The number of aromatic carboxylic acids is 1. The topological polar surface area (TPSA) is 40.5 Å². The van der Waals surface area contributed by atoms with Crippen LogP contribution in [0.3, 0.4) is 0 Å². The molecule has 0 fully saturated rings. The second kappa shape index (κ2) is 12.0. The molecular weight excluding hydrogens is 451 g/mol. The summed E-state index contributed by atoms with van der Waals surface area (Å²) in [4.78, 5) is 13.3. The number of aryl methyl sites for hydroxylation is 3. The van der Waals surface area contributed by atoms with Crippen LogP contribution in [0.2, 0.25) is 0 Å². The van der Waals surface area contributed by atoms with Crippen molar-refractivity contribution in [1.29, 1.82) is 0 Å². The number of benzene rings is 3. The Morgan fingerprint density at radius 2 is 1.40 bits per heavy atom. The average molecular weight is 484 g/mol. The number of rotatable bonds is 11. The Hall–Kier alpha value is -3.12. The van der Waals surface area contributed by atoms with Gasteiger partial charge in [-0.2, -0.15) is 13.2 Å². The molecule has 35 heavy (non-hydrogen) atoms. The zero-order valence-corrected chi connectivity index (χ0v) is 20.2. The fourth-order valence-corrected chi connectivity index (χ4v) is 4.20. The van der Waals surface area contributed by atoms with Gasteiger partial charge in [-0.15, -0.1) is 0 Å². The van der Waals surface area contributed by atoms with Crippen LogP contribution in [0.5, 0.6) is 0 Å². The van der Waals surface area contributed by atoms with Crippen LogP contribution in [-0.4, -0.2) is 22.5 Å². The number of carboxylic acids is 1. The Kier molecular flexibility index (Phi) is 9.10. The molecule has 0 radical (unpaired) electrons. The Balaban J connectivity index is 1.66. The van der Waals surface area contributed by atoms with Gasteiger partial charge in [0, 0.05) is 13.1 Å². The fraction of sp³-hybridized carbons (Fsp3) is 0.345. The van der Waals surface area contributed by atoms with Crippen molar-refractivity contribution in [2.75, 3.05) is 6.54 Å². The molecule has 0 bridgehead atoms. The standard InChI is InChI=1S/C29H32F3NO2/c1-21-7-9-23(10-8-21)6-4-3-5-15-33(19-24-11-13-26(14-12-24)28(34)35)20-25-16-22(2)17-27(18-25)29(30,31)32/h7-14,16-18H,3-6,15,19-20H2,1-2H3,(H,34,35). The highest BCUT2D eigenvalue weighted by atomic mass is 19.4. The summed E-state index contributed by atoms with van der Waals surface area (Å²) in [5.74, 6) is -0.985. The highest BCUT2D eigenvalue weighted by Gasteiger charge is 2.31. The van der Waals surface area contributed by atoms with Gasteiger partial charge in [0.05, 0.1) is 11.1 Å². The average Bonchev–Trinajstić information content (AvgIpc) is 2.79. The summed E-state index contributed by atoms with van der Waals surface area (Å²) in [7, 11) is 0. The van der Waals surface area contributed by atoms with Gasteiger partial charge >= 0.3 is 12.1 Å². The molecule has 0 spiro atoms. The SMILES string of the molecule is Cc1ccc(CCCCCN(Cc2ccc(C(=O)O)cc2)Cc2cc(C)cc(C(F)(F)F)c2)cc1. The summed E-state index contributed by atoms with van der Waals surface area (Å²) in [6, 6.07) is 19.4. The van der Waals surface area contributed by atoms with E-state index < -0.39 is 17.7 Å². The Morgan fingerprint density at radius 3 is 2.03 bits per heavy atom. The fourth-order valence-electron chi connectivity index (χ4n) is 4.20. The smallest absolute Gasteiger partial charge is 0.416 e. The minimum atomic E-state index is -4.38. The van der Waals surface area contributed by atoms with E-state index in [1.807, 2.05) is 0 Å². The summed E-state index contributed by atoms with van der Waals surface area (Å²) < 4.78 is 40.0. The second-order valence-corrected chi connectivity index (χ2v) is 9.21. The van der Waals surface area contributed by atoms with Crippen LogP contribution in [0.25, 0.3) is 0 Å². The van der Waals surface area contributed by atoms with Gasteiger partial charge in [-0.05, 0) is 80.6 Å². The van der Waals surface area contributed by atoms with Gasteiger partial charge in [0.15, 0.2) is 0 Å². The first-order chi connectivity index (χ1) is 16.6. The summed E-state index contributed by atoms with van der Waals surface area (Å²) in [5.41, 5.74) is 4.27. The first-order valence-corrected chi connectivity index (χ1v) is 11.9. The number of alkyl halides is 3. The normalized spacial score (nSPS) is 11.7. The number of carbonyl (C=O) groups is 1. The molecule has 0 aliphatic heterocycles. The van der Waals surface area contributed by atoms with E-state index in [1.54, 1.807) is 37.3 Å². The Bertz CT molecular complexity index is 1110. The van der Waals surface area contributed by atoms with E-state index in [0.29, 0.717) is 24.2 Å². The number of unbranched alkanes of at least 4 members (excludes halogenated alkanes) is 2. The van der Waals surface area contributed by atoms with Crippen LogP contribution in [0.4, 0.5) is 13.2 Å². The molecule has 0 aromatic heterocycles. The molecule has 1 N–H and O–H groups in total. The number of carboxylic acid groups (broad SMARTS) is 1. The third kappa shape index (κ3) is 8.55. The van der Waals surface area contributed by atoms with Gasteiger partial charge in [0.2, 0.25) is 0 Å². The molecule has 0 unspecified atom stereocenters. The number of hydrogen-bond acceptors (Lipinski definition) is 2. The predicted molar refractivity (Wildman–Crippen MR) is 132 cm³/mol. The van der Waals surface area contributed by atoms with Crippen molar-refractivity contribution in [1.82, 2.24) is 4.90 Å². The lowest BCUT2D eigenvalue weighted by Crippen LogP contribution is -2.24. The van der Waals surface area contributed by atoms with Crippen molar-refractivity contribution in [2.24, 2.45) is 0 Å². The quantitative estimate of drug-likeness (QED) is 0.288. The number of nitrogens with zero attached hydrogens (tertiary/aromatic N) is 1. The maximum Gasteiger partial charge on any atom is 0.416 e. The Morgan fingerprint density at radius 1 is 0.771 bits per heavy atom. The van der Waals surface area contributed by atoms with Crippen LogP contribution in [0.15, 0.2) is 66.7 Å². The molecule has 0 aliphatic carbocycles. The second-order valence-electron chi connectivity index (χ2n) is 9.21. The molecule has 3 aromatic rings. The van der Waals surface area contributed by atoms with Gasteiger partial charge in [0.25, 0.3) is 0 Å². The largest absolute Gasteiger partial charge is 0.478 e. The summed E-state index contributed by atoms with van der Waals surface area (Å²) in [6.07, 6.45) is -0.383. The van der Waals surface area contributed by atoms with E-state index in [2.05, 4.69) is 36.1 Å². The molecule has 0 amide bonds. The monoisotopic (exact) mass is 483 g/mol. The van der Waals surface area contributed by atoms with Crippen LogP contribution in [0.1, 0.15) is 63.0 Å². The lowest BCUT2D eigenvalue weighted by atomic mass is 10.0. The molecule has 0 saturated carbocycles. The van der Waals surface area contributed by atoms with Crippen molar-refractivity contribution >= 4 is 5.97 Å². The maximum absolute atomic E-state index is 13.3. The molecule has 0 atom stereocenters. The number of halogens is 3. The van der Waals surface area contributed by atoms with Crippen molar-refractivity contribution < 1.29 is 23.1 Å². The van der Waals surface area contributed by atoms with Crippen molar-refractivity contribution in [2.45, 2.75) is 58.8 Å². The molecular formula is C29H32F3NO2. The lowest BCUT2D eigenvalue weighted by molar-refractivity contribution is -0.137. The van der Waals surface area contributed by atoms with E-state index in [9.17, 15) is 18.0 Å². The third-order valence-corrected chi connectivity index (χ3v) is 6.04. The van der Waals surface area contributed by atoms with Gasteiger partial charge in [-0.25, -0.2) is 4.79 Å². The van der Waals surface area contributed by atoms with E-state index in [4.69, 9.17) is 5.11 Å². The van der Waals surface area contributed by atoms with Crippen molar-refractivity contribution in [3.63, 3.8) is 0 Å². The molecule has 0 heterocycles. The van der Waals surface area contributed by atoms with E-state index in [0.717, 1.165) is 37.8 Å². The van der Waals surface area contributed by atoms with Gasteiger partial charge in [-0.3, -0.25) is 4.90 Å². The first kappa shape index (κ1) is 26.5. The van der Waals surface area contributed by atoms with Crippen LogP contribution in [0, 0.1) is 13.8 Å². The summed E-state index contributed by atoms with van der Waals surface area (Å²) in [5, 5.41) is 9.13. The molecule has 3 rings (SSSR count). The highest BCUT2D eigenvalue weighted by molar-refractivity contribution is 5.87. The van der Waals surface area contributed by atoms with E-state index in [-0.39, 0.29) is 5.56 Å². The third-order valence-electron chi connectivity index (χ3n) is 6.04. The van der Waals surface area contributed by atoms with Crippen molar-refractivity contribution in [3.05, 3.63) is 106 Å². The zero-order chi connectivity index (χ0) is 25.4. The van der Waals surface area contributed by atoms with Crippen LogP contribution < -0.4 is 0 Å². The van der Waals surface area contributed by atoms with Gasteiger partial charge < -0.3 is 5.11 Å². The predicted octanol–water partition coefficient (Wildman–Crippen LogP) is 7.44. The zero-order valence-electron chi connectivity index (χ0n) is 20.2. The molecule has 186 valence electrons. The lowest BCUT2D eigenvalue weighted by Gasteiger charge is -2.23. The van der Waals surface area contributed by atoms with E-state index in [1.165, 1.54) is 23.3 Å². The minimum Gasteiger partial charge on any atom is -0.478 e. The minimum absolute atomic E-state index is 0.213. The molecule has 0 saturated heterocycles. The number of hydrogen-bond donors (Lipinski definition) is 1. The molecule has 3 nitrogen and oxygen atoms in total. The van der Waals surface area contributed by atoms with E-state index >= 15 is 0 Å². The molecule has 3 aromatic carbocycles. The summed E-state index contributed by atoms with van der Waals surface area (Å²) in [6.45, 7) is 5.42. The Labute approximate surface area is 205 Å². The maximum atomic E-state index is 13.3. The van der Waals surface area contributed by atoms with Crippen LogP contribution >= 0.6 is 0 Å². The van der Waals surface area contributed by atoms with Crippen LogP contribution in [-0.2, 0) is 25.7 Å². The summed E-state index contributed by atoms with van der Waals surface area (Å²) >= 11 is 0. The van der Waals surface area contributed by atoms with Gasteiger partial charge in [0.1, 0.15) is 0 Å². The van der Waals surface area contributed by atoms with Crippen molar-refractivity contribution in [3.8, 4) is 0 Å². The first-order valence-electron chi connectivity index (χ1n) is 11.9. The molecule has 0 aliphatic rings. The van der Waals surface area contributed by atoms with Gasteiger partial charge in [-0.1, -0.05) is 60.0 Å².